The summed E-state index contributed by atoms with van der Waals surface area (Å²) in [4.78, 5) is 25.1. The zero-order valence-corrected chi connectivity index (χ0v) is 16.5. The summed E-state index contributed by atoms with van der Waals surface area (Å²) in [6, 6.07) is -0.472. The quantitative estimate of drug-likeness (QED) is 0.590. The van der Waals surface area contributed by atoms with E-state index in [0.29, 0.717) is 36.0 Å². The average molecular weight is 400 g/mol. The van der Waals surface area contributed by atoms with Crippen LogP contribution in [0.4, 0.5) is 5.82 Å². The summed E-state index contributed by atoms with van der Waals surface area (Å²) >= 11 is 0. The molecule has 0 radical (unpaired) electrons. The van der Waals surface area contributed by atoms with E-state index in [1.165, 1.54) is 32.0 Å². The lowest BCUT2D eigenvalue weighted by Gasteiger charge is -2.23. The van der Waals surface area contributed by atoms with Crippen LogP contribution in [-0.2, 0) is 4.79 Å². The fourth-order valence-electron chi connectivity index (χ4n) is 5.53. The summed E-state index contributed by atoms with van der Waals surface area (Å²) in [6.07, 6.45) is 6.99. The molecule has 29 heavy (non-hydrogen) atoms. The number of hydrogen-bond acceptors (Lipinski definition) is 7. The molecule has 3 saturated carbocycles. The van der Waals surface area contributed by atoms with Crippen LogP contribution in [0.25, 0.3) is 11.2 Å². The summed E-state index contributed by atoms with van der Waals surface area (Å²) in [7, 11) is 0. The molecule has 4 N–H and O–H groups in total. The van der Waals surface area contributed by atoms with Crippen LogP contribution in [0.3, 0.4) is 0 Å². The zero-order chi connectivity index (χ0) is 20.1. The van der Waals surface area contributed by atoms with E-state index in [1.807, 2.05) is 0 Å². The summed E-state index contributed by atoms with van der Waals surface area (Å²) in [6.45, 7) is 1.76. The molecule has 9 heteroatoms. The Morgan fingerprint density at radius 3 is 2.72 bits per heavy atom. The Labute approximate surface area is 168 Å². The highest BCUT2D eigenvalue weighted by molar-refractivity contribution is 5.83. The third-order valence-corrected chi connectivity index (χ3v) is 7.10. The largest absolute Gasteiger partial charge is 0.388 e. The molecule has 9 nitrogen and oxygen atoms in total. The summed E-state index contributed by atoms with van der Waals surface area (Å²) in [5, 5.41) is 27.4. The number of hydrogen-bond donors (Lipinski definition) is 4. The standard InChI is InChI=1S/C20H28N6O3/c1-2-15(27)24-13-7-14(18(29)17(13)28)26-9-23-16-19(21-8-22-20(16)26)25-12-6-10-3-4-11(12)5-10/h8-14,17-18,28-29H,2-7H2,1H3,(H,24,27)(H,21,22,25)/t10-,11-,12+,13+,14-,17-,18+/m1/s1. The first-order valence-corrected chi connectivity index (χ1v) is 10.6. The van der Waals surface area contributed by atoms with Gasteiger partial charge in [0.05, 0.1) is 18.4 Å². The van der Waals surface area contributed by atoms with Gasteiger partial charge >= 0.3 is 0 Å². The van der Waals surface area contributed by atoms with Gasteiger partial charge < -0.3 is 25.4 Å². The third kappa shape index (κ3) is 3.16. The number of nitrogens with zero attached hydrogens (tertiary/aromatic N) is 4. The van der Waals surface area contributed by atoms with Gasteiger partial charge in [-0.2, -0.15) is 0 Å². The summed E-state index contributed by atoms with van der Waals surface area (Å²) in [5.74, 6) is 2.13. The second-order valence-corrected chi connectivity index (χ2v) is 8.78. The van der Waals surface area contributed by atoms with E-state index in [0.717, 1.165) is 11.7 Å². The number of aliphatic hydroxyl groups excluding tert-OH is 2. The van der Waals surface area contributed by atoms with Crippen LogP contribution < -0.4 is 10.6 Å². The lowest BCUT2D eigenvalue weighted by atomic mass is 9.95. The van der Waals surface area contributed by atoms with Gasteiger partial charge in [0.1, 0.15) is 24.1 Å². The van der Waals surface area contributed by atoms with Crippen molar-refractivity contribution >= 4 is 22.9 Å². The molecule has 0 unspecified atom stereocenters. The van der Waals surface area contributed by atoms with Crippen molar-refractivity contribution in [2.75, 3.05) is 5.32 Å². The van der Waals surface area contributed by atoms with Crippen LogP contribution in [0.1, 0.15) is 51.5 Å². The smallest absolute Gasteiger partial charge is 0.220 e. The maximum atomic E-state index is 11.7. The summed E-state index contributed by atoms with van der Waals surface area (Å²) < 4.78 is 1.80. The highest BCUT2D eigenvalue weighted by atomic mass is 16.3. The Hall–Kier alpha value is -2.26. The molecule has 2 aromatic heterocycles. The molecule has 0 saturated heterocycles. The van der Waals surface area contributed by atoms with Crippen LogP contribution in [0.15, 0.2) is 12.7 Å². The number of fused-ring (bicyclic) bond motifs is 3. The molecule has 0 spiro atoms. The second kappa shape index (κ2) is 7.21. The lowest BCUT2D eigenvalue weighted by molar-refractivity contribution is -0.122. The number of anilines is 1. The third-order valence-electron chi connectivity index (χ3n) is 7.10. The van der Waals surface area contributed by atoms with Crippen molar-refractivity contribution in [2.45, 2.75) is 75.8 Å². The molecule has 0 aromatic carbocycles. The number of amides is 1. The van der Waals surface area contributed by atoms with Crippen molar-refractivity contribution in [1.29, 1.82) is 0 Å². The van der Waals surface area contributed by atoms with Crippen molar-refractivity contribution in [1.82, 2.24) is 24.8 Å². The van der Waals surface area contributed by atoms with E-state index >= 15 is 0 Å². The van der Waals surface area contributed by atoms with E-state index in [4.69, 9.17) is 0 Å². The molecule has 0 aliphatic heterocycles. The van der Waals surface area contributed by atoms with Gasteiger partial charge in [-0.25, -0.2) is 15.0 Å². The van der Waals surface area contributed by atoms with E-state index in [2.05, 4.69) is 25.6 Å². The molecular formula is C20H28N6O3. The molecule has 7 atom stereocenters. The van der Waals surface area contributed by atoms with Gasteiger partial charge in [-0.3, -0.25) is 4.79 Å². The first-order chi connectivity index (χ1) is 14.0. The Morgan fingerprint density at radius 1 is 1.14 bits per heavy atom. The number of imidazole rings is 1. The number of aromatic nitrogens is 4. The highest BCUT2D eigenvalue weighted by Gasteiger charge is 2.44. The van der Waals surface area contributed by atoms with Crippen LogP contribution in [0.5, 0.6) is 0 Å². The number of rotatable bonds is 5. The molecular weight excluding hydrogens is 372 g/mol. The minimum Gasteiger partial charge on any atom is -0.388 e. The molecule has 3 aliphatic carbocycles. The average Bonchev–Trinajstić information content (AvgIpc) is 3.49. The Kier molecular flexibility index (Phi) is 4.66. The topological polar surface area (TPSA) is 125 Å². The monoisotopic (exact) mass is 400 g/mol. The highest BCUT2D eigenvalue weighted by Crippen LogP contribution is 2.45. The Morgan fingerprint density at radius 2 is 2.00 bits per heavy atom. The first kappa shape index (κ1) is 18.7. The van der Waals surface area contributed by atoms with Gasteiger partial charge in [-0.05, 0) is 37.5 Å². The molecule has 2 bridgehead atoms. The van der Waals surface area contributed by atoms with Crippen molar-refractivity contribution < 1.29 is 15.0 Å². The molecule has 3 fully saturated rings. The second-order valence-electron chi connectivity index (χ2n) is 8.78. The van der Waals surface area contributed by atoms with Crippen LogP contribution in [-0.4, -0.2) is 59.9 Å². The van der Waals surface area contributed by atoms with Gasteiger partial charge in [0.25, 0.3) is 0 Å². The van der Waals surface area contributed by atoms with Gasteiger partial charge in [0.2, 0.25) is 5.91 Å². The van der Waals surface area contributed by atoms with E-state index in [1.54, 1.807) is 17.8 Å². The number of carbonyl (C=O) groups excluding carboxylic acids is 1. The molecule has 3 aliphatic rings. The van der Waals surface area contributed by atoms with Crippen molar-refractivity contribution in [3.63, 3.8) is 0 Å². The molecule has 156 valence electrons. The summed E-state index contributed by atoms with van der Waals surface area (Å²) in [5.41, 5.74) is 1.31. The van der Waals surface area contributed by atoms with Crippen LogP contribution in [0.2, 0.25) is 0 Å². The van der Waals surface area contributed by atoms with Gasteiger partial charge in [0.15, 0.2) is 11.5 Å². The van der Waals surface area contributed by atoms with Crippen LogP contribution >= 0.6 is 0 Å². The van der Waals surface area contributed by atoms with E-state index in [-0.39, 0.29) is 5.91 Å². The maximum absolute atomic E-state index is 11.7. The number of nitrogens with one attached hydrogen (secondary N) is 2. The minimum atomic E-state index is -1.03. The van der Waals surface area contributed by atoms with Crippen molar-refractivity contribution in [3.8, 4) is 0 Å². The van der Waals surface area contributed by atoms with Gasteiger partial charge in [0, 0.05) is 12.5 Å². The predicted octanol–water partition coefficient (Wildman–Crippen LogP) is 0.988. The normalized spacial score (nSPS) is 36.0. The molecule has 2 heterocycles. The van der Waals surface area contributed by atoms with Crippen LogP contribution in [0, 0.1) is 11.8 Å². The minimum absolute atomic E-state index is 0.142. The first-order valence-electron chi connectivity index (χ1n) is 10.6. The van der Waals surface area contributed by atoms with E-state index < -0.39 is 24.3 Å². The molecule has 1 amide bonds. The Bertz CT molecular complexity index is 917. The SMILES string of the molecule is CCC(=O)N[C@H]1C[C@@H](n2cnc3c(N[C@H]4C[C@@H]5CC[C@@H]4C5)ncnc32)[C@H](O)[C@@H]1O. The van der Waals surface area contributed by atoms with Gasteiger partial charge in [-0.1, -0.05) is 13.3 Å². The fourth-order valence-corrected chi connectivity index (χ4v) is 5.53. The number of carbonyl (C=O) groups is 1. The van der Waals surface area contributed by atoms with Crippen molar-refractivity contribution in [2.24, 2.45) is 11.8 Å². The molecule has 2 aromatic rings. The fraction of sp³-hybridized carbons (Fsp3) is 0.700. The molecule has 5 rings (SSSR count). The lowest BCUT2D eigenvalue weighted by Crippen LogP contribution is -2.42. The van der Waals surface area contributed by atoms with Crippen molar-refractivity contribution in [3.05, 3.63) is 12.7 Å². The Balaban J connectivity index is 1.39. The number of aliphatic hydroxyl groups is 2. The predicted molar refractivity (Wildman–Crippen MR) is 106 cm³/mol. The van der Waals surface area contributed by atoms with Gasteiger partial charge in [-0.15, -0.1) is 0 Å². The zero-order valence-electron chi connectivity index (χ0n) is 16.5. The van der Waals surface area contributed by atoms with E-state index in [9.17, 15) is 15.0 Å². The maximum Gasteiger partial charge on any atom is 0.220 e.